The topological polar surface area (TPSA) is 38.9 Å². The van der Waals surface area contributed by atoms with Crippen LogP contribution in [0, 0.1) is 0 Å². The number of carbonyl (C=O) groups is 1. The molecule has 0 bridgehead atoms. The average molecular weight is 419 g/mol. The van der Waals surface area contributed by atoms with Crippen molar-refractivity contribution >= 4 is 5.91 Å². The first-order chi connectivity index (χ1) is 15.2. The maximum atomic E-state index is 13.4. The predicted octanol–water partition coefficient (Wildman–Crippen LogP) is 2.64. The van der Waals surface area contributed by atoms with Crippen molar-refractivity contribution in [3.05, 3.63) is 84.2 Å². The Bertz CT molecular complexity index is 960. The van der Waals surface area contributed by atoms with Gasteiger partial charge >= 0.3 is 0 Å². The number of rotatable bonds is 8. The fourth-order valence-electron chi connectivity index (χ4n) is 4.16. The van der Waals surface area contributed by atoms with Crippen molar-refractivity contribution in [2.24, 2.45) is 7.05 Å². The standard InChI is InChI=1S/C26H31N3O2/c1-27-14-5-9-25(27)21-29(16-6-15-28-17-19-31-20-18-28)26(30)24-12-10-23(11-13-24)22-7-3-2-4-8-22/h2-5,7-14H,6,15-21H2,1H3/p+1. The molecule has 3 aromatic rings. The molecule has 0 aliphatic carbocycles. The minimum Gasteiger partial charge on any atom is -0.370 e. The molecule has 1 aliphatic heterocycles. The number of nitrogens with one attached hydrogen (secondary N) is 1. The number of nitrogens with zero attached hydrogens (tertiary/aromatic N) is 2. The highest BCUT2D eigenvalue weighted by atomic mass is 16.5. The summed E-state index contributed by atoms with van der Waals surface area (Å²) in [5, 5.41) is 0. The van der Waals surface area contributed by atoms with Gasteiger partial charge in [0.2, 0.25) is 0 Å². The molecule has 31 heavy (non-hydrogen) atoms. The van der Waals surface area contributed by atoms with Crippen molar-refractivity contribution in [1.29, 1.82) is 0 Å². The van der Waals surface area contributed by atoms with Gasteiger partial charge in [0.05, 0.1) is 26.3 Å². The number of quaternary nitrogens is 1. The van der Waals surface area contributed by atoms with Crippen LogP contribution in [0.3, 0.4) is 0 Å². The fourth-order valence-corrected chi connectivity index (χ4v) is 4.16. The van der Waals surface area contributed by atoms with Gasteiger partial charge in [-0.1, -0.05) is 42.5 Å². The highest BCUT2D eigenvalue weighted by molar-refractivity contribution is 5.94. The van der Waals surface area contributed by atoms with E-state index in [9.17, 15) is 4.79 Å². The summed E-state index contributed by atoms with van der Waals surface area (Å²) in [5.74, 6) is 0.0952. The van der Waals surface area contributed by atoms with E-state index in [1.165, 1.54) is 0 Å². The maximum Gasteiger partial charge on any atom is 0.254 e. The number of carbonyl (C=O) groups excluding carboxylic acids is 1. The lowest BCUT2D eigenvalue weighted by Gasteiger charge is -2.26. The molecule has 0 saturated carbocycles. The summed E-state index contributed by atoms with van der Waals surface area (Å²) in [7, 11) is 2.03. The molecule has 5 nitrogen and oxygen atoms in total. The van der Waals surface area contributed by atoms with E-state index in [-0.39, 0.29) is 5.91 Å². The van der Waals surface area contributed by atoms with Crippen molar-refractivity contribution in [2.75, 3.05) is 39.4 Å². The molecule has 2 heterocycles. The van der Waals surface area contributed by atoms with Gasteiger partial charge in [0.1, 0.15) is 13.1 Å². The lowest BCUT2D eigenvalue weighted by molar-refractivity contribution is -0.908. The summed E-state index contributed by atoms with van der Waals surface area (Å²) in [6.07, 6.45) is 3.03. The summed E-state index contributed by atoms with van der Waals surface area (Å²) in [6, 6.07) is 22.4. The molecule has 1 aliphatic rings. The third-order valence-corrected chi connectivity index (χ3v) is 6.09. The zero-order valence-electron chi connectivity index (χ0n) is 18.3. The Morgan fingerprint density at radius 2 is 1.68 bits per heavy atom. The van der Waals surface area contributed by atoms with Crippen LogP contribution in [0.25, 0.3) is 11.1 Å². The van der Waals surface area contributed by atoms with Crippen LogP contribution in [0.5, 0.6) is 0 Å². The molecular formula is C26H32N3O2+. The monoisotopic (exact) mass is 418 g/mol. The van der Waals surface area contributed by atoms with Crippen LogP contribution in [0.1, 0.15) is 22.5 Å². The quantitative estimate of drug-likeness (QED) is 0.611. The minimum atomic E-state index is 0.0952. The molecule has 5 heteroatoms. The van der Waals surface area contributed by atoms with Gasteiger partial charge < -0.3 is 19.1 Å². The molecule has 1 fully saturated rings. The maximum absolute atomic E-state index is 13.4. The summed E-state index contributed by atoms with van der Waals surface area (Å²) in [5.41, 5.74) is 4.18. The molecule has 0 radical (unpaired) electrons. The highest BCUT2D eigenvalue weighted by Gasteiger charge is 2.19. The third-order valence-electron chi connectivity index (χ3n) is 6.09. The molecule has 1 amide bonds. The Balaban J connectivity index is 1.45. The number of hydrogen-bond donors (Lipinski definition) is 1. The van der Waals surface area contributed by atoms with E-state index in [0.29, 0.717) is 6.54 Å². The first-order valence-electron chi connectivity index (χ1n) is 11.2. The van der Waals surface area contributed by atoms with E-state index in [0.717, 1.165) is 68.2 Å². The number of benzene rings is 2. The second-order valence-electron chi connectivity index (χ2n) is 8.25. The molecule has 4 rings (SSSR count). The number of ether oxygens (including phenoxy) is 1. The predicted molar refractivity (Wildman–Crippen MR) is 123 cm³/mol. The van der Waals surface area contributed by atoms with Gasteiger partial charge in [-0.15, -0.1) is 0 Å². The smallest absolute Gasteiger partial charge is 0.254 e. The van der Waals surface area contributed by atoms with E-state index < -0.39 is 0 Å². The number of amides is 1. The number of aromatic nitrogens is 1. The second-order valence-corrected chi connectivity index (χ2v) is 8.25. The van der Waals surface area contributed by atoms with Crippen molar-refractivity contribution < 1.29 is 14.4 Å². The highest BCUT2D eigenvalue weighted by Crippen LogP contribution is 2.20. The van der Waals surface area contributed by atoms with Crippen molar-refractivity contribution in [2.45, 2.75) is 13.0 Å². The number of morpholine rings is 1. The Labute approximate surface area is 184 Å². The van der Waals surface area contributed by atoms with Crippen LogP contribution < -0.4 is 4.90 Å². The van der Waals surface area contributed by atoms with Gasteiger partial charge in [-0.05, 0) is 35.4 Å². The summed E-state index contributed by atoms with van der Waals surface area (Å²) in [4.78, 5) is 17.0. The molecule has 1 aromatic heterocycles. The van der Waals surface area contributed by atoms with E-state index in [2.05, 4.69) is 22.8 Å². The molecule has 1 saturated heterocycles. The Morgan fingerprint density at radius 1 is 0.968 bits per heavy atom. The first kappa shape index (κ1) is 21.3. The van der Waals surface area contributed by atoms with Gasteiger partial charge in [0.25, 0.3) is 5.91 Å². The van der Waals surface area contributed by atoms with Gasteiger partial charge in [-0.3, -0.25) is 4.79 Å². The van der Waals surface area contributed by atoms with Crippen LogP contribution in [-0.2, 0) is 18.3 Å². The zero-order valence-corrected chi connectivity index (χ0v) is 18.3. The largest absolute Gasteiger partial charge is 0.370 e. The molecular weight excluding hydrogens is 386 g/mol. The lowest BCUT2D eigenvalue weighted by Crippen LogP contribution is -3.14. The average Bonchev–Trinajstić information content (AvgIpc) is 3.23. The minimum absolute atomic E-state index is 0.0952. The van der Waals surface area contributed by atoms with Crippen LogP contribution >= 0.6 is 0 Å². The molecule has 162 valence electrons. The summed E-state index contributed by atoms with van der Waals surface area (Å²) in [6.45, 7) is 6.27. The SMILES string of the molecule is Cn1cccc1CN(CCC[NH+]1CCOCC1)C(=O)c1ccc(-c2ccccc2)cc1. The molecule has 0 atom stereocenters. The normalized spacial score (nSPS) is 14.5. The first-order valence-corrected chi connectivity index (χ1v) is 11.2. The molecule has 2 aromatic carbocycles. The van der Waals surface area contributed by atoms with Crippen molar-refractivity contribution in [3.8, 4) is 11.1 Å². The van der Waals surface area contributed by atoms with Crippen molar-refractivity contribution in [3.63, 3.8) is 0 Å². The van der Waals surface area contributed by atoms with E-state index in [1.54, 1.807) is 4.90 Å². The number of hydrogen-bond acceptors (Lipinski definition) is 2. The van der Waals surface area contributed by atoms with E-state index in [1.807, 2.05) is 66.7 Å². The van der Waals surface area contributed by atoms with Crippen LogP contribution in [0.2, 0.25) is 0 Å². The number of aryl methyl sites for hydroxylation is 1. The Morgan fingerprint density at radius 3 is 2.35 bits per heavy atom. The van der Waals surface area contributed by atoms with E-state index >= 15 is 0 Å². The Hall–Kier alpha value is -2.89. The molecule has 1 N–H and O–H groups in total. The lowest BCUT2D eigenvalue weighted by atomic mass is 10.0. The Kier molecular flexibility index (Phi) is 7.18. The summed E-state index contributed by atoms with van der Waals surface area (Å²) >= 11 is 0. The van der Waals surface area contributed by atoms with Crippen LogP contribution in [0.4, 0.5) is 0 Å². The van der Waals surface area contributed by atoms with E-state index in [4.69, 9.17) is 4.74 Å². The van der Waals surface area contributed by atoms with Gasteiger partial charge in [-0.2, -0.15) is 0 Å². The molecule has 0 unspecified atom stereocenters. The fraction of sp³-hybridized carbons (Fsp3) is 0.346. The van der Waals surface area contributed by atoms with Crippen LogP contribution in [0.15, 0.2) is 72.9 Å². The van der Waals surface area contributed by atoms with Gasteiger partial charge in [0.15, 0.2) is 0 Å². The van der Waals surface area contributed by atoms with Gasteiger partial charge in [0, 0.05) is 37.5 Å². The van der Waals surface area contributed by atoms with Crippen molar-refractivity contribution in [1.82, 2.24) is 9.47 Å². The molecule has 0 spiro atoms. The van der Waals surface area contributed by atoms with Gasteiger partial charge in [-0.25, -0.2) is 0 Å². The summed E-state index contributed by atoms with van der Waals surface area (Å²) < 4.78 is 7.55. The van der Waals surface area contributed by atoms with Crippen LogP contribution in [-0.4, -0.2) is 54.8 Å². The third kappa shape index (κ3) is 5.63. The second kappa shape index (κ2) is 10.4. The zero-order chi connectivity index (χ0) is 21.5.